The van der Waals surface area contributed by atoms with Gasteiger partial charge in [-0.1, -0.05) is 20.8 Å². The van der Waals surface area contributed by atoms with E-state index in [1.54, 1.807) is 0 Å². The van der Waals surface area contributed by atoms with Crippen LogP contribution < -0.4 is 5.73 Å². The Labute approximate surface area is 112 Å². The summed E-state index contributed by atoms with van der Waals surface area (Å²) in [6.07, 6.45) is 1.73. The van der Waals surface area contributed by atoms with E-state index in [9.17, 15) is 5.11 Å². The summed E-state index contributed by atoms with van der Waals surface area (Å²) in [5.41, 5.74) is 6.37. The number of aliphatic hydroxyl groups is 1. The fraction of sp³-hybridized carbons (Fsp3) is 1.00. The predicted octanol–water partition coefficient (Wildman–Crippen LogP) is 0.747. The van der Waals surface area contributed by atoms with Crippen molar-refractivity contribution in [1.82, 2.24) is 9.80 Å². The molecular formula is C14H31N3O. The Morgan fingerprint density at radius 2 is 2.00 bits per heavy atom. The second-order valence-corrected chi connectivity index (χ2v) is 7.06. The maximum absolute atomic E-state index is 9.82. The van der Waals surface area contributed by atoms with Gasteiger partial charge >= 0.3 is 0 Å². The van der Waals surface area contributed by atoms with Crippen molar-refractivity contribution in [3.05, 3.63) is 0 Å². The molecule has 0 aromatic carbocycles. The molecular weight excluding hydrogens is 226 g/mol. The molecule has 0 bridgehead atoms. The van der Waals surface area contributed by atoms with Crippen molar-refractivity contribution in [2.75, 3.05) is 33.7 Å². The summed E-state index contributed by atoms with van der Waals surface area (Å²) in [4.78, 5) is 4.59. The molecule has 108 valence electrons. The van der Waals surface area contributed by atoms with E-state index in [1.807, 2.05) is 0 Å². The summed E-state index contributed by atoms with van der Waals surface area (Å²) in [7, 11) is 4.17. The number of likely N-dealkylation sites (tertiary alicyclic amines) is 1. The van der Waals surface area contributed by atoms with E-state index in [0.717, 1.165) is 32.5 Å². The van der Waals surface area contributed by atoms with Crippen LogP contribution in [0.1, 0.15) is 33.6 Å². The van der Waals surface area contributed by atoms with Crippen molar-refractivity contribution in [2.24, 2.45) is 11.1 Å². The molecule has 4 nitrogen and oxygen atoms in total. The first-order chi connectivity index (χ1) is 8.20. The second kappa shape index (κ2) is 6.33. The highest BCUT2D eigenvalue weighted by Gasteiger charge is 2.31. The van der Waals surface area contributed by atoms with Gasteiger partial charge in [0.1, 0.15) is 0 Å². The highest BCUT2D eigenvalue weighted by atomic mass is 16.3. The van der Waals surface area contributed by atoms with Crippen LogP contribution in [0.25, 0.3) is 0 Å². The smallest absolute Gasteiger partial charge is 0.0682 e. The topological polar surface area (TPSA) is 52.7 Å². The molecule has 1 heterocycles. The minimum absolute atomic E-state index is 0.162. The number of nitrogens with zero attached hydrogens (tertiary/aromatic N) is 2. The molecule has 4 heteroatoms. The predicted molar refractivity (Wildman–Crippen MR) is 76.6 cm³/mol. The van der Waals surface area contributed by atoms with Gasteiger partial charge in [0, 0.05) is 31.7 Å². The number of aliphatic hydroxyl groups excluding tert-OH is 1. The molecule has 1 fully saturated rings. The third kappa shape index (κ3) is 4.84. The fourth-order valence-corrected chi connectivity index (χ4v) is 2.58. The molecule has 0 radical (unpaired) electrons. The molecule has 3 N–H and O–H groups in total. The van der Waals surface area contributed by atoms with Crippen molar-refractivity contribution in [3.8, 4) is 0 Å². The minimum atomic E-state index is -0.166. The Hall–Kier alpha value is -0.160. The molecule has 0 aliphatic carbocycles. The molecule has 0 spiro atoms. The molecule has 0 aromatic rings. The van der Waals surface area contributed by atoms with E-state index >= 15 is 0 Å². The third-order valence-electron chi connectivity index (χ3n) is 3.92. The molecule has 18 heavy (non-hydrogen) atoms. The summed E-state index contributed by atoms with van der Waals surface area (Å²) in [6.45, 7) is 9.38. The Morgan fingerprint density at radius 3 is 2.50 bits per heavy atom. The lowest BCUT2D eigenvalue weighted by Crippen LogP contribution is -2.42. The third-order valence-corrected chi connectivity index (χ3v) is 3.92. The van der Waals surface area contributed by atoms with Crippen LogP contribution in [0.3, 0.4) is 0 Å². The van der Waals surface area contributed by atoms with Gasteiger partial charge in [-0.15, -0.1) is 0 Å². The van der Waals surface area contributed by atoms with Crippen LogP contribution in [-0.4, -0.2) is 66.8 Å². The van der Waals surface area contributed by atoms with Gasteiger partial charge in [0.2, 0.25) is 0 Å². The minimum Gasteiger partial charge on any atom is -0.392 e. The zero-order chi connectivity index (χ0) is 13.9. The summed E-state index contributed by atoms with van der Waals surface area (Å²) < 4.78 is 0. The fourth-order valence-electron chi connectivity index (χ4n) is 2.58. The van der Waals surface area contributed by atoms with Gasteiger partial charge in [0.25, 0.3) is 0 Å². The number of β-amino-alcohol motifs (C(OH)–C–C–N with tert-alkyl or cyclic N) is 1. The van der Waals surface area contributed by atoms with Gasteiger partial charge in [-0.05, 0) is 32.4 Å². The van der Waals surface area contributed by atoms with Crippen LogP contribution in [0, 0.1) is 5.41 Å². The molecule has 3 atom stereocenters. The van der Waals surface area contributed by atoms with Crippen molar-refractivity contribution < 1.29 is 5.11 Å². The average Bonchev–Trinajstić information content (AvgIpc) is 2.52. The largest absolute Gasteiger partial charge is 0.392 e. The first kappa shape index (κ1) is 15.9. The van der Waals surface area contributed by atoms with Crippen molar-refractivity contribution >= 4 is 0 Å². The van der Waals surface area contributed by atoms with Gasteiger partial charge in [0.05, 0.1) is 6.10 Å². The van der Waals surface area contributed by atoms with Crippen LogP contribution in [0.5, 0.6) is 0 Å². The Bertz CT molecular complexity index is 250. The summed E-state index contributed by atoms with van der Waals surface area (Å²) >= 11 is 0. The molecule has 1 saturated heterocycles. The second-order valence-electron chi connectivity index (χ2n) is 7.06. The van der Waals surface area contributed by atoms with Crippen LogP contribution in [0.2, 0.25) is 0 Å². The summed E-state index contributed by atoms with van der Waals surface area (Å²) in [5.74, 6) is 0. The molecule has 3 unspecified atom stereocenters. The summed E-state index contributed by atoms with van der Waals surface area (Å²) in [6, 6.07) is 0.692. The lowest BCUT2D eigenvalue weighted by molar-refractivity contribution is 0.164. The molecule has 1 aliphatic heterocycles. The Kier molecular flexibility index (Phi) is 5.59. The van der Waals surface area contributed by atoms with Gasteiger partial charge in [-0.25, -0.2) is 0 Å². The van der Waals surface area contributed by atoms with E-state index in [4.69, 9.17) is 5.73 Å². The number of hydrogen-bond donors (Lipinski definition) is 2. The molecule has 1 rings (SSSR count). The molecule has 0 aromatic heterocycles. The quantitative estimate of drug-likeness (QED) is 0.763. The number of rotatable bonds is 5. The van der Waals surface area contributed by atoms with Gasteiger partial charge in [-0.2, -0.15) is 0 Å². The van der Waals surface area contributed by atoms with E-state index in [2.05, 4.69) is 44.7 Å². The van der Waals surface area contributed by atoms with Gasteiger partial charge < -0.3 is 15.7 Å². The van der Waals surface area contributed by atoms with Gasteiger partial charge in [-0.3, -0.25) is 4.90 Å². The van der Waals surface area contributed by atoms with Crippen molar-refractivity contribution in [1.29, 1.82) is 0 Å². The highest BCUT2D eigenvalue weighted by Crippen LogP contribution is 2.23. The monoisotopic (exact) mass is 257 g/mol. The zero-order valence-electron chi connectivity index (χ0n) is 12.7. The standard InChI is InChI=1S/C14H31N3O/c1-14(2,3)13(15)6-7-17-10-12(18)8-11(17)9-16(4)5/h11-13,18H,6-10,15H2,1-5H3. The van der Waals surface area contributed by atoms with Crippen LogP contribution in [-0.2, 0) is 0 Å². The molecule has 0 amide bonds. The van der Waals surface area contributed by atoms with E-state index in [-0.39, 0.29) is 17.6 Å². The van der Waals surface area contributed by atoms with E-state index in [0.29, 0.717) is 6.04 Å². The van der Waals surface area contributed by atoms with Crippen LogP contribution in [0.15, 0.2) is 0 Å². The van der Waals surface area contributed by atoms with Crippen molar-refractivity contribution in [3.63, 3.8) is 0 Å². The van der Waals surface area contributed by atoms with Gasteiger partial charge in [0.15, 0.2) is 0 Å². The number of nitrogens with two attached hydrogens (primary N) is 1. The highest BCUT2D eigenvalue weighted by molar-refractivity contribution is 4.88. The SMILES string of the molecule is CN(C)CC1CC(O)CN1CCC(N)C(C)(C)C. The average molecular weight is 257 g/mol. The summed E-state index contributed by atoms with van der Waals surface area (Å²) in [5, 5.41) is 9.82. The number of hydrogen-bond acceptors (Lipinski definition) is 4. The zero-order valence-corrected chi connectivity index (χ0v) is 12.7. The Morgan fingerprint density at radius 1 is 1.39 bits per heavy atom. The van der Waals surface area contributed by atoms with E-state index in [1.165, 1.54) is 0 Å². The van der Waals surface area contributed by atoms with Crippen molar-refractivity contribution in [2.45, 2.75) is 51.8 Å². The molecule has 0 saturated carbocycles. The normalized spacial score (nSPS) is 28.0. The maximum atomic E-state index is 9.82. The number of likely N-dealkylation sites (N-methyl/N-ethyl adjacent to an activating group) is 1. The first-order valence-electron chi connectivity index (χ1n) is 7.02. The lowest BCUT2D eigenvalue weighted by atomic mass is 9.85. The lowest BCUT2D eigenvalue weighted by Gasteiger charge is -2.31. The maximum Gasteiger partial charge on any atom is 0.0682 e. The van der Waals surface area contributed by atoms with E-state index < -0.39 is 0 Å². The van der Waals surface area contributed by atoms with Crippen LogP contribution in [0.4, 0.5) is 0 Å². The molecule has 1 aliphatic rings. The Balaban J connectivity index is 2.44. The first-order valence-corrected chi connectivity index (χ1v) is 7.02. The van der Waals surface area contributed by atoms with Crippen LogP contribution >= 0.6 is 0 Å².